The Morgan fingerprint density at radius 1 is 0.628 bits per heavy atom. The van der Waals surface area contributed by atoms with E-state index in [4.69, 9.17) is 19.9 Å². The zero-order valence-corrected chi connectivity index (χ0v) is 25.1. The third-order valence-corrected chi connectivity index (χ3v) is 6.77. The van der Waals surface area contributed by atoms with Gasteiger partial charge >= 0.3 is 12.2 Å². The van der Waals surface area contributed by atoms with Gasteiger partial charge in [-0.15, -0.1) is 0 Å². The molecule has 0 bridgehead atoms. The molecule has 0 aliphatic carbocycles. The van der Waals surface area contributed by atoms with Gasteiger partial charge in [-0.1, -0.05) is 91.0 Å². The van der Waals surface area contributed by atoms with Crippen molar-refractivity contribution in [1.29, 1.82) is 0 Å². The molecule has 0 heterocycles. The van der Waals surface area contributed by atoms with Crippen LogP contribution in [0.25, 0.3) is 0 Å². The Morgan fingerprint density at radius 3 is 1.74 bits per heavy atom. The number of amides is 2. The zero-order chi connectivity index (χ0) is 30.4. The minimum Gasteiger partial charge on any atom is -0.445 e. The topological polar surface area (TPSA) is 106 Å². The minimum absolute atomic E-state index is 0.213. The third-order valence-electron chi connectivity index (χ3n) is 6.77. The van der Waals surface area contributed by atoms with Gasteiger partial charge in [0.05, 0.1) is 13.3 Å². The average molecular weight is 591 g/mol. The SMILES string of the molecule is NCCCN(CCCCN(CCCNC(=O)OCc1ccccc1)C(=O)OCc1ccccc1)COCc1ccccc1. The number of alkyl carbamates (subject to hydrolysis) is 1. The van der Waals surface area contributed by atoms with E-state index in [2.05, 4.69) is 22.3 Å². The molecular weight excluding hydrogens is 544 g/mol. The number of unbranched alkanes of at least 4 members (excludes halogenated alkanes) is 1. The van der Waals surface area contributed by atoms with Gasteiger partial charge in [0.25, 0.3) is 0 Å². The molecule has 0 atom stereocenters. The van der Waals surface area contributed by atoms with E-state index in [0.29, 0.717) is 45.9 Å². The average Bonchev–Trinajstić information content (AvgIpc) is 3.05. The quantitative estimate of drug-likeness (QED) is 0.131. The van der Waals surface area contributed by atoms with Crippen LogP contribution in [0.4, 0.5) is 9.59 Å². The van der Waals surface area contributed by atoms with Crippen molar-refractivity contribution >= 4 is 12.2 Å². The Morgan fingerprint density at radius 2 is 1.14 bits per heavy atom. The highest BCUT2D eigenvalue weighted by Crippen LogP contribution is 2.08. The van der Waals surface area contributed by atoms with Crippen LogP contribution in [0.5, 0.6) is 0 Å². The summed E-state index contributed by atoms with van der Waals surface area (Å²) in [5.74, 6) is 0. The van der Waals surface area contributed by atoms with Crippen LogP contribution in [0.1, 0.15) is 42.4 Å². The maximum absolute atomic E-state index is 13.0. The largest absolute Gasteiger partial charge is 0.445 e. The Bertz CT molecular complexity index is 1150. The summed E-state index contributed by atoms with van der Waals surface area (Å²) in [6, 6.07) is 29.3. The number of nitrogens with zero attached hydrogens (tertiary/aromatic N) is 2. The van der Waals surface area contributed by atoms with Gasteiger partial charge < -0.3 is 30.2 Å². The molecule has 0 aliphatic heterocycles. The number of nitrogens with one attached hydrogen (secondary N) is 1. The summed E-state index contributed by atoms with van der Waals surface area (Å²) in [6.45, 7) is 5.27. The van der Waals surface area contributed by atoms with E-state index in [1.807, 2.05) is 78.9 Å². The molecule has 2 amide bonds. The number of benzene rings is 3. The van der Waals surface area contributed by atoms with Crippen molar-refractivity contribution in [3.8, 4) is 0 Å². The Kier molecular flexibility index (Phi) is 16.3. The van der Waals surface area contributed by atoms with E-state index in [9.17, 15) is 9.59 Å². The van der Waals surface area contributed by atoms with Crippen molar-refractivity contribution in [2.24, 2.45) is 5.73 Å². The van der Waals surface area contributed by atoms with E-state index in [1.165, 1.54) is 0 Å². The molecule has 9 heteroatoms. The van der Waals surface area contributed by atoms with Crippen LogP contribution in [0, 0.1) is 0 Å². The van der Waals surface area contributed by atoms with E-state index in [1.54, 1.807) is 4.90 Å². The predicted octanol–water partition coefficient (Wildman–Crippen LogP) is 5.55. The molecule has 0 saturated carbocycles. The lowest BCUT2D eigenvalue weighted by Gasteiger charge is -2.24. The summed E-state index contributed by atoms with van der Waals surface area (Å²) in [7, 11) is 0. The predicted molar refractivity (Wildman–Crippen MR) is 168 cm³/mol. The molecule has 3 N–H and O–H groups in total. The molecule has 0 spiro atoms. The highest BCUT2D eigenvalue weighted by Gasteiger charge is 2.16. The van der Waals surface area contributed by atoms with Gasteiger partial charge in [-0.3, -0.25) is 4.90 Å². The van der Waals surface area contributed by atoms with E-state index in [-0.39, 0.29) is 19.3 Å². The third kappa shape index (κ3) is 14.7. The summed E-state index contributed by atoms with van der Waals surface area (Å²) in [5.41, 5.74) is 8.76. The van der Waals surface area contributed by atoms with E-state index >= 15 is 0 Å². The van der Waals surface area contributed by atoms with Gasteiger partial charge in [0.15, 0.2) is 0 Å². The lowest BCUT2D eigenvalue weighted by Crippen LogP contribution is -2.36. The van der Waals surface area contributed by atoms with Crippen LogP contribution in [0.3, 0.4) is 0 Å². The monoisotopic (exact) mass is 590 g/mol. The van der Waals surface area contributed by atoms with Crippen molar-refractivity contribution in [2.75, 3.05) is 46.0 Å². The van der Waals surface area contributed by atoms with Gasteiger partial charge in [0, 0.05) is 32.7 Å². The van der Waals surface area contributed by atoms with Crippen molar-refractivity contribution in [3.05, 3.63) is 108 Å². The Hall–Kier alpha value is -3.92. The number of rotatable bonds is 20. The van der Waals surface area contributed by atoms with Crippen LogP contribution >= 0.6 is 0 Å². The van der Waals surface area contributed by atoms with Crippen molar-refractivity contribution in [2.45, 2.75) is 45.5 Å². The number of carbonyl (C=O) groups excluding carboxylic acids is 2. The second-order valence-electron chi connectivity index (χ2n) is 10.3. The Balaban J connectivity index is 1.42. The number of ether oxygens (including phenoxy) is 3. The summed E-state index contributed by atoms with van der Waals surface area (Å²) in [5, 5.41) is 2.77. The molecule has 0 aromatic heterocycles. The molecule has 0 saturated heterocycles. The fourth-order valence-electron chi connectivity index (χ4n) is 4.40. The van der Waals surface area contributed by atoms with Gasteiger partial charge in [-0.25, -0.2) is 9.59 Å². The lowest BCUT2D eigenvalue weighted by atomic mass is 10.2. The van der Waals surface area contributed by atoms with Gasteiger partial charge in [-0.05, 0) is 48.9 Å². The molecule has 3 aromatic carbocycles. The van der Waals surface area contributed by atoms with Gasteiger partial charge in [0.1, 0.15) is 13.2 Å². The molecule has 43 heavy (non-hydrogen) atoms. The number of hydrogen-bond donors (Lipinski definition) is 2. The minimum atomic E-state index is -0.478. The normalized spacial score (nSPS) is 10.8. The van der Waals surface area contributed by atoms with Crippen LogP contribution in [-0.4, -0.2) is 68.0 Å². The molecule has 9 nitrogen and oxygen atoms in total. The highest BCUT2D eigenvalue weighted by atomic mass is 16.6. The van der Waals surface area contributed by atoms with Crippen molar-refractivity contribution in [3.63, 3.8) is 0 Å². The molecule has 0 radical (unpaired) electrons. The maximum atomic E-state index is 13.0. The summed E-state index contributed by atoms with van der Waals surface area (Å²) in [4.78, 5) is 29.1. The number of carbonyl (C=O) groups is 2. The molecule has 0 aliphatic rings. The first kappa shape index (κ1) is 33.6. The molecule has 232 valence electrons. The van der Waals surface area contributed by atoms with Gasteiger partial charge in [0.2, 0.25) is 0 Å². The first-order chi connectivity index (χ1) is 21.1. The maximum Gasteiger partial charge on any atom is 0.410 e. The van der Waals surface area contributed by atoms with Crippen molar-refractivity contribution < 1.29 is 23.8 Å². The summed E-state index contributed by atoms with van der Waals surface area (Å²) >= 11 is 0. The van der Waals surface area contributed by atoms with Crippen LogP contribution < -0.4 is 11.1 Å². The van der Waals surface area contributed by atoms with Gasteiger partial charge in [-0.2, -0.15) is 0 Å². The summed E-state index contributed by atoms with van der Waals surface area (Å²) in [6.07, 6.45) is 2.34. The second-order valence-corrected chi connectivity index (χ2v) is 10.3. The fraction of sp³-hybridized carbons (Fsp3) is 0.412. The van der Waals surface area contributed by atoms with E-state index in [0.717, 1.165) is 49.0 Å². The number of hydrogen-bond acceptors (Lipinski definition) is 7. The van der Waals surface area contributed by atoms with E-state index < -0.39 is 6.09 Å². The smallest absolute Gasteiger partial charge is 0.410 e. The molecule has 3 rings (SSSR count). The number of nitrogens with two attached hydrogens (primary N) is 1. The van der Waals surface area contributed by atoms with Crippen LogP contribution in [-0.2, 0) is 34.0 Å². The highest BCUT2D eigenvalue weighted by molar-refractivity contribution is 5.68. The van der Waals surface area contributed by atoms with Crippen LogP contribution in [0.2, 0.25) is 0 Å². The van der Waals surface area contributed by atoms with Crippen molar-refractivity contribution in [1.82, 2.24) is 15.1 Å². The molecular formula is C34H46N4O5. The molecule has 0 unspecified atom stereocenters. The fourth-order valence-corrected chi connectivity index (χ4v) is 4.40. The second kappa shape index (κ2) is 20.9. The first-order valence-corrected chi connectivity index (χ1v) is 15.1. The van der Waals surface area contributed by atoms with Crippen LogP contribution in [0.15, 0.2) is 91.0 Å². The molecule has 0 fully saturated rings. The molecule has 3 aromatic rings. The zero-order valence-electron chi connectivity index (χ0n) is 25.1. The Labute approximate surface area is 255 Å². The summed E-state index contributed by atoms with van der Waals surface area (Å²) < 4.78 is 16.8. The first-order valence-electron chi connectivity index (χ1n) is 15.1. The lowest BCUT2D eigenvalue weighted by molar-refractivity contribution is 0.0171. The standard InChI is InChI=1S/C34H46N4O5/c35-20-12-23-37(29-41-26-30-14-4-1-5-15-30)22-10-11-24-38(34(40)43-28-32-18-8-3-9-19-32)25-13-21-36-33(39)42-27-31-16-6-2-7-17-31/h1-9,14-19H,10-13,20-29,35H2,(H,36,39).